The quantitative estimate of drug-likeness (QED) is 0.374. The molecule has 0 unspecified atom stereocenters. The van der Waals surface area contributed by atoms with Crippen LogP contribution in [0.15, 0.2) is 30.9 Å². The topological polar surface area (TPSA) is 75.8 Å². The zero-order valence-electron chi connectivity index (χ0n) is 19.5. The third kappa shape index (κ3) is 3.40. The lowest BCUT2D eigenvalue weighted by atomic mass is 9.99. The van der Waals surface area contributed by atoms with Gasteiger partial charge in [0.25, 0.3) is 0 Å². The third-order valence-corrected chi connectivity index (χ3v) is 8.00. The van der Waals surface area contributed by atoms with Crippen LogP contribution in [0.1, 0.15) is 55.5 Å². The highest BCUT2D eigenvalue weighted by atomic mass is 32.1. The second kappa shape index (κ2) is 7.81. The molecule has 5 aromatic rings. The van der Waals surface area contributed by atoms with E-state index in [4.69, 9.17) is 5.10 Å². The van der Waals surface area contributed by atoms with Crippen molar-refractivity contribution in [2.45, 2.75) is 52.5 Å². The number of pyridine rings is 1. The number of hydrogen-bond acceptors (Lipinski definition) is 5. The summed E-state index contributed by atoms with van der Waals surface area (Å²) in [6, 6.07) is 5.00. The van der Waals surface area contributed by atoms with Crippen LogP contribution in [0.5, 0.6) is 0 Å². The van der Waals surface area contributed by atoms with Gasteiger partial charge in [-0.05, 0) is 69.0 Å². The van der Waals surface area contributed by atoms with Gasteiger partial charge in [-0.15, -0.1) is 11.3 Å². The molecule has 7 nitrogen and oxygen atoms in total. The summed E-state index contributed by atoms with van der Waals surface area (Å²) in [6.07, 6.45) is 8.23. The summed E-state index contributed by atoms with van der Waals surface area (Å²) in [4.78, 5) is 9.39. The molecule has 6 heterocycles. The van der Waals surface area contributed by atoms with Crippen molar-refractivity contribution in [3.8, 4) is 21.7 Å². The summed E-state index contributed by atoms with van der Waals surface area (Å²) in [5, 5.41) is 12.7. The Kier molecular flexibility index (Phi) is 4.88. The molecule has 0 spiro atoms. The lowest BCUT2D eigenvalue weighted by Gasteiger charge is -2.22. The number of nitrogens with zero attached hydrogens (tertiary/aromatic N) is 5. The molecular weight excluding hydrogens is 430 g/mol. The van der Waals surface area contributed by atoms with E-state index in [0.717, 1.165) is 48.4 Å². The van der Waals surface area contributed by atoms with Crippen molar-refractivity contribution in [1.29, 1.82) is 0 Å². The lowest BCUT2D eigenvalue weighted by Crippen LogP contribution is -2.29. The zero-order valence-corrected chi connectivity index (χ0v) is 20.3. The molecule has 33 heavy (non-hydrogen) atoms. The molecule has 2 N–H and O–H groups in total. The van der Waals surface area contributed by atoms with Crippen molar-refractivity contribution in [1.82, 2.24) is 34.7 Å². The predicted molar refractivity (Wildman–Crippen MR) is 134 cm³/mol. The van der Waals surface area contributed by atoms with E-state index in [-0.39, 0.29) is 0 Å². The summed E-state index contributed by atoms with van der Waals surface area (Å²) < 4.78 is 5.40. The number of rotatable bonds is 4. The number of thiophene rings is 1. The summed E-state index contributed by atoms with van der Waals surface area (Å²) >= 11 is 1.87. The average Bonchev–Trinajstić information content (AvgIpc) is 3.56. The standard InChI is InChI=1S/C25H29N7S/c1-14(2)22-23(17-9-15(3)25-27-13-28-32(25)11-17)29-20-10-21(33-24(20)22)19-12-31(30-16(19)4)18-5-7-26-8-6-18/h9-14,18,26,29H,5-8H2,1-4H3. The van der Waals surface area contributed by atoms with Crippen molar-refractivity contribution in [2.24, 2.45) is 0 Å². The van der Waals surface area contributed by atoms with Gasteiger partial charge >= 0.3 is 0 Å². The van der Waals surface area contributed by atoms with Gasteiger partial charge in [-0.3, -0.25) is 4.68 Å². The van der Waals surface area contributed by atoms with E-state index in [9.17, 15) is 0 Å². The van der Waals surface area contributed by atoms with Crippen LogP contribution in [0.3, 0.4) is 0 Å². The number of aromatic amines is 1. The fourth-order valence-corrected chi connectivity index (χ4v) is 6.50. The zero-order chi connectivity index (χ0) is 22.7. The molecule has 170 valence electrons. The number of hydrogen-bond donors (Lipinski definition) is 2. The predicted octanol–water partition coefficient (Wildman–Crippen LogP) is 5.47. The van der Waals surface area contributed by atoms with Crippen LogP contribution in [0.2, 0.25) is 0 Å². The summed E-state index contributed by atoms with van der Waals surface area (Å²) in [5.74, 6) is 0.394. The molecule has 5 aromatic heterocycles. The van der Waals surface area contributed by atoms with Gasteiger partial charge in [0.05, 0.1) is 27.6 Å². The first-order chi connectivity index (χ1) is 16.0. The number of nitrogens with one attached hydrogen (secondary N) is 2. The van der Waals surface area contributed by atoms with E-state index < -0.39 is 0 Å². The molecule has 0 radical (unpaired) electrons. The van der Waals surface area contributed by atoms with Crippen molar-refractivity contribution in [3.63, 3.8) is 0 Å². The lowest BCUT2D eigenvalue weighted by molar-refractivity contribution is 0.342. The number of H-pyrrole nitrogens is 1. The molecule has 0 saturated carbocycles. The van der Waals surface area contributed by atoms with Gasteiger partial charge in [0.15, 0.2) is 5.65 Å². The Morgan fingerprint density at radius 2 is 1.94 bits per heavy atom. The second-order valence-electron chi connectivity index (χ2n) is 9.45. The smallest absolute Gasteiger partial charge is 0.158 e. The molecule has 0 bridgehead atoms. The minimum absolute atomic E-state index is 0.394. The first-order valence-corrected chi connectivity index (χ1v) is 12.5. The van der Waals surface area contributed by atoms with Gasteiger partial charge in [0.2, 0.25) is 0 Å². The van der Waals surface area contributed by atoms with Crippen LogP contribution < -0.4 is 5.32 Å². The van der Waals surface area contributed by atoms with Gasteiger partial charge < -0.3 is 10.3 Å². The van der Waals surface area contributed by atoms with Gasteiger partial charge in [-0.1, -0.05) is 13.8 Å². The summed E-state index contributed by atoms with van der Waals surface area (Å²) in [6.45, 7) is 10.9. The van der Waals surface area contributed by atoms with Gasteiger partial charge in [-0.2, -0.15) is 10.2 Å². The van der Waals surface area contributed by atoms with E-state index in [2.05, 4.69) is 77.3 Å². The number of aromatic nitrogens is 6. The second-order valence-corrected chi connectivity index (χ2v) is 10.5. The van der Waals surface area contributed by atoms with Crippen molar-refractivity contribution >= 4 is 27.2 Å². The van der Waals surface area contributed by atoms with Crippen LogP contribution in [0.25, 0.3) is 37.6 Å². The summed E-state index contributed by atoms with van der Waals surface area (Å²) in [5.41, 5.74) is 9.27. The van der Waals surface area contributed by atoms with Crippen LogP contribution in [-0.4, -0.2) is 42.5 Å². The molecule has 0 amide bonds. The first-order valence-electron chi connectivity index (χ1n) is 11.7. The Morgan fingerprint density at radius 1 is 1.12 bits per heavy atom. The minimum atomic E-state index is 0.394. The highest BCUT2D eigenvalue weighted by Gasteiger charge is 2.22. The molecule has 1 fully saturated rings. The monoisotopic (exact) mass is 459 g/mol. The van der Waals surface area contributed by atoms with Crippen LogP contribution >= 0.6 is 11.3 Å². The Labute approximate surface area is 196 Å². The Morgan fingerprint density at radius 3 is 2.73 bits per heavy atom. The van der Waals surface area contributed by atoms with E-state index in [1.807, 2.05) is 15.9 Å². The van der Waals surface area contributed by atoms with E-state index in [1.165, 1.54) is 31.9 Å². The SMILES string of the molecule is Cc1nn(C2CCNCC2)cc1-c1cc2[nH]c(-c3cc(C)c4ncnn4c3)c(C(C)C)c2s1. The first kappa shape index (κ1) is 20.6. The average molecular weight is 460 g/mol. The van der Waals surface area contributed by atoms with Crippen molar-refractivity contribution in [2.75, 3.05) is 13.1 Å². The molecule has 0 aliphatic carbocycles. The van der Waals surface area contributed by atoms with E-state index in [1.54, 1.807) is 6.33 Å². The van der Waals surface area contributed by atoms with Gasteiger partial charge in [-0.25, -0.2) is 9.50 Å². The molecule has 8 heteroatoms. The maximum absolute atomic E-state index is 4.89. The fourth-order valence-electron chi connectivity index (χ4n) is 5.12. The minimum Gasteiger partial charge on any atom is -0.354 e. The Balaban J connectivity index is 1.44. The van der Waals surface area contributed by atoms with Crippen LogP contribution in [0, 0.1) is 13.8 Å². The maximum atomic E-state index is 4.89. The Bertz CT molecular complexity index is 1460. The van der Waals surface area contributed by atoms with E-state index >= 15 is 0 Å². The number of fused-ring (bicyclic) bond motifs is 2. The normalized spacial score (nSPS) is 15.4. The largest absolute Gasteiger partial charge is 0.354 e. The summed E-state index contributed by atoms with van der Waals surface area (Å²) in [7, 11) is 0. The molecule has 0 aromatic carbocycles. The van der Waals surface area contributed by atoms with Crippen LogP contribution in [-0.2, 0) is 0 Å². The van der Waals surface area contributed by atoms with Crippen molar-refractivity contribution in [3.05, 3.63) is 47.7 Å². The highest BCUT2D eigenvalue weighted by Crippen LogP contribution is 2.43. The van der Waals surface area contributed by atoms with E-state index in [0.29, 0.717) is 12.0 Å². The van der Waals surface area contributed by atoms with Gasteiger partial charge in [0, 0.05) is 28.4 Å². The molecule has 1 aliphatic heterocycles. The molecule has 1 saturated heterocycles. The van der Waals surface area contributed by atoms with Crippen LogP contribution in [0.4, 0.5) is 0 Å². The highest BCUT2D eigenvalue weighted by molar-refractivity contribution is 7.22. The molecule has 1 aliphatic rings. The Hall–Kier alpha value is -2.97. The molecule has 6 rings (SSSR count). The maximum Gasteiger partial charge on any atom is 0.158 e. The third-order valence-electron chi connectivity index (χ3n) is 6.80. The fraction of sp³-hybridized carbons (Fsp3) is 0.400. The van der Waals surface area contributed by atoms with Crippen molar-refractivity contribution < 1.29 is 0 Å². The number of piperidine rings is 1. The molecule has 0 atom stereocenters. The number of aryl methyl sites for hydroxylation is 2. The van der Waals surface area contributed by atoms with Gasteiger partial charge in [0.1, 0.15) is 6.33 Å². The molecular formula is C25H29N7S.